The van der Waals surface area contributed by atoms with Crippen LogP contribution in [0.5, 0.6) is 0 Å². The summed E-state index contributed by atoms with van der Waals surface area (Å²) in [7, 11) is 0. The van der Waals surface area contributed by atoms with Crippen molar-refractivity contribution in [2.45, 2.75) is 25.7 Å². The number of aromatic amines is 1. The van der Waals surface area contributed by atoms with Crippen LogP contribution in [0.2, 0.25) is 0 Å². The van der Waals surface area contributed by atoms with Gasteiger partial charge in [0, 0.05) is 43.4 Å². The number of nitrogens with zero attached hydrogens (tertiary/aromatic N) is 1. The molecule has 4 N–H and O–H groups in total. The van der Waals surface area contributed by atoms with Gasteiger partial charge in [-0.25, -0.2) is 0 Å². The Morgan fingerprint density at radius 3 is 2.95 bits per heavy atom. The molecule has 0 aliphatic carbocycles. The van der Waals surface area contributed by atoms with Gasteiger partial charge in [-0.3, -0.25) is 9.89 Å². The monoisotopic (exact) mass is 288 g/mol. The molecule has 1 unspecified atom stereocenters. The van der Waals surface area contributed by atoms with E-state index in [1.807, 2.05) is 6.07 Å². The number of rotatable bonds is 4. The maximum absolute atomic E-state index is 11.7. The van der Waals surface area contributed by atoms with E-state index in [-0.39, 0.29) is 24.2 Å². The van der Waals surface area contributed by atoms with Gasteiger partial charge in [0.05, 0.1) is 0 Å². The Balaban J connectivity index is 0.00000180. The number of aromatic nitrogens is 2. The number of halogens is 1. The maximum Gasteiger partial charge on any atom is 0.229 e. The van der Waals surface area contributed by atoms with Gasteiger partial charge in [-0.2, -0.15) is 5.10 Å². The highest BCUT2D eigenvalue weighted by molar-refractivity contribution is 5.91. The third kappa shape index (κ3) is 4.19. The molecule has 0 aromatic carbocycles. The quantitative estimate of drug-likeness (QED) is 0.777. The van der Waals surface area contributed by atoms with Gasteiger partial charge in [0.15, 0.2) is 5.82 Å². The first-order valence-corrected chi connectivity index (χ1v) is 6.34. The molecule has 2 rings (SSSR count). The van der Waals surface area contributed by atoms with Crippen LogP contribution >= 0.6 is 12.4 Å². The zero-order valence-corrected chi connectivity index (χ0v) is 11.8. The molecule has 7 heteroatoms. The Kier molecular flexibility index (Phi) is 6.27. The molecule has 1 aliphatic rings. The third-order valence-corrected chi connectivity index (χ3v) is 3.31. The Morgan fingerprint density at radius 1 is 1.63 bits per heavy atom. The molecule has 1 aliphatic heterocycles. The second-order valence-corrected chi connectivity index (χ2v) is 4.72. The molecule has 1 fully saturated rings. The molecule has 0 bridgehead atoms. The van der Waals surface area contributed by atoms with Crippen LogP contribution in [0.3, 0.4) is 0 Å². The molecule has 1 aromatic heterocycles. The SMILES string of the molecule is CC(CN)C(=O)Nc1cc(C2CCOCC2)[nH]n1.Cl. The molecule has 19 heavy (non-hydrogen) atoms. The Hall–Kier alpha value is -1.11. The first kappa shape index (κ1) is 15.9. The number of hydrogen-bond acceptors (Lipinski definition) is 4. The number of ether oxygens (including phenoxy) is 1. The van der Waals surface area contributed by atoms with Gasteiger partial charge in [-0.05, 0) is 12.8 Å². The molecule has 1 atom stereocenters. The van der Waals surface area contributed by atoms with Crippen molar-refractivity contribution < 1.29 is 9.53 Å². The molecule has 0 radical (unpaired) electrons. The van der Waals surface area contributed by atoms with Gasteiger partial charge in [0.1, 0.15) is 0 Å². The fraction of sp³-hybridized carbons (Fsp3) is 0.667. The highest BCUT2D eigenvalue weighted by Gasteiger charge is 2.19. The second kappa shape index (κ2) is 7.47. The Morgan fingerprint density at radius 2 is 2.32 bits per heavy atom. The normalized spacial score (nSPS) is 17.6. The van der Waals surface area contributed by atoms with Gasteiger partial charge >= 0.3 is 0 Å². The van der Waals surface area contributed by atoms with E-state index in [1.54, 1.807) is 6.92 Å². The number of hydrogen-bond donors (Lipinski definition) is 3. The molecule has 6 nitrogen and oxygen atoms in total. The Labute approximate surface area is 118 Å². The molecule has 1 saturated heterocycles. The number of anilines is 1. The van der Waals surface area contributed by atoms with Crippen LogP contribution in [0.4, 0.5) is 5.82 Å². The third-order valence-electron chi connectivity index (χ3n) is 3.31. The van der Waals surface area contributed by atoms with E-state index in [0.717, 1.165) is 31.7 Å². The summed E-state index contributed by atoms with van der Waals surface area (Å²) < 4.78 is 5.32. The average molecular weight is 289 g/mol. The minimum Gasteiger partial charge on any atom is -0.381 e. The van der Waals surface area contributed by atoms with Crippen LogP contribution in [-0.2, 0) is 9.53 Å². The van der Waals surface area contributed by atoms with Crippen molar-refractivity contribution in [2.24, 2.45) is 11.7 Å². The molecule has 108 valence electrons. The number of amides is 1. The van der Waals surface area contributed by atoms with Crippen LogP contribution in [0.25, 0.3) is 0 Å². The van der Waals surface area contributed by atoms with E-state index in [1.165, 1.54) is 0 Å². The van der Waals surface area contributed by atoms with Crippen molar-refractivity contribution in [3.63, 3.8) is 0 Å². The second-order valence-electron chi connectivity index (χ2n) is 4.72. The van der Waals surface area contributed by atoms with E-state index in [9.17, 15) is 4.79 Å². The standard InChI is InChI=1S/C12H20N4O2.ClH/c1-8(7-13)12(17)14-11-6-10(15-16-11)9-2-4-18-5-3-9;/h6,8-9H,2-5,7,13H2,1H3,(H2,14,15,16,17);1H. The predicted molar refractivity (Wildman–Crippen MR) is 75.5 cm³/mol. The van der Waals surface area contributed by atoms with Crippen molar-refractivity contribution in [2.75, 3.05) is 25.1 Å². The number of nitrogens with one attached hydrogen (secondary N) is 2. The van der Waals surface area contributed by atoms with Gasteiger partial charge in [0.2, 0.25) is 5.91 Å². The summed E-state index contributed by atoms with van der Waals surface area (Å²) in [6, 6.07) is 1.90. The van der Waals surface area contributed by atoms with Crippen LogP contribution in [0.1, 0.15) is 31.4 Å². The largest absolute Gasteiger partial charge is 0.381 e. The predicted octanol–water partition coefficient (Wildman–Crippen LogP) is 1.26. The molecule has 1 aromatic rings. The summed E-state index contributed by atoms with van der Waals surface area (Å²) in [6.07, 6.45) is 1.99. The van der Waals surface area contributed by atoms with Crippen molar-refractivity contribution in [3.8, 4) is 0 Å². The van der Waals surface area contributed by atoms with Gasteiger partial charge < -0.3 is 15.8 Å². The molecule has 0 spiro atoms. The number of nitrogens with two attached hydrogens (primary N) is 1. The molecule has 1 amide bonds. The first-order chi connectivity index (χ1) is 8.70. The zero-order chi connectivity index (χ0) is 13.0. The maximum atomic E-state index is 11.7. The minimum atomic E-state index is -0.201. The van der Waals surface area contributed by atoms with Gasteiger partial charge in [-0.15, -0.1) is 12.4 Å². The summed E-state index contributed by atoms with van der Waals surface area (Å²) in [5.41, 5.74) is 6.51. The molecule has 0 saturated carbocycles. The lowest BCUT2D eigenvalue weighted by molar-refractivity contribution is -0.119. The number of carbonyl (C=O) groups is 1. The lowest BCUT2D eigenvalue weighted by Crippen LogP contribution is -2.26. The van der Waals surface area contributed by atoms with Crippen LogP contribution < -0.4 is 11.1 Å². The summed E-state index contributed by atoms with van der Waals surface area (Å²) in [4.78, 5) is 11.7. The van der Waals surface area contributed by atoms with E-state index in [0.29, 0.717) is 18.3 Å². The van der Waals surface area contributed by atoms with Crippen molar-refractivity contribution >= 4 is 24.1 Å². The van der Waals surface area contributed by atoms with Crippen LogP contribution in [-0.4, -0.2) is 35.9 Å². The summed E-state index contributed by atoms with van der Waals surface area (Å²) in [5.74, 6) is 0.724. The summed E-state index contributed by atoms with van der Waals surface area (Å²) >= 11 is 0. The lowest BCUT2D eigenvalue weighted by atomic mass is 9.97. The number of carbonyl (C=O) groups excluding carboxylic acids is 1. The molecular formula is C12H21ClN4O2. The van der Waals surface area contributed by atoms with Crippen LogP contribution in [0.15, 0.2) is 6.07 Å². The molecular weight excluding hydrogens is 268 g/mol. The smallest absolute Gasteiger partial charge is 0.229 e. The highest BCUT2D eigenvalue weighted by Crippen LogP contribution is 2.26. The van der Waals surface area contributed by atoms with E-state index < -0.39 is 0 Å². The fourth-order valence-electron chi connectivity index (χ4n) is 1.97. The number of H-pyrrole nitrogens is 1. The lowest BCUT2D eigenvalue weighted by Gasteiger charge is -2.20. The molecule has 2 heterocycles. The summed E-state index contributed by atoms with van der Waals surface area (Å²) in [5, 5.41) is 9.86. The average Bonchev–Trinajstić information content (AvgIpc) is 2.87. The summed E-state index contributed by atoms with van der Waals surface area (Å²) in [6.45, 7) is 3.70. The van der Waals surface area contributed by atoms with E-state index in [2.05, 4.69) is 15.5 Å². The van der Waals surface area contributed by atoms with Crippen LogP contribution in [0, 0.1) is 5.92 Å². The minimum absolute atomic E-state index is 0. The van der Waals surface area contributed by atoms with Gasteiger partial charge in [0.25, 0.3) is 0 Å². The van der Waals surface area contributed by atoms with Gasteiger partial charge in [-0.1, -0.05) is 6.92 Å². The van der Waals surface area contributed by atoms with E-state index >= 15 is 0 Å². The van der Waals surface area contributed by atoms with Crippen molar-refractivity contribution in [3.05, 3.63) is 11.8 Å². The van der Waals surface area contributed by atoms with Crippen molar-refractivity contribution in [1.29, 1.82) is 0 Å². The van der Waals surface area contributed by atoms with Crippen molar-refractivity contribution in [1.82, 2.24) is 10.2 Å². The zero-order valence-electron chi connectivity index (χ0n) is 11.0. The highest BCUT2D eigenvalue weighted by atomic mass is 35.5. The fourth-order valence-corrected chi connectivity index (χ4v) is 1.97. The van der Waals surface area contributed by atoms with E-state index in [4.69, 9.17) is 10.5 Å². The topological polar surface area (TPSA) is 93.0 Å². The Bertz CT molecular complexity index is 404. The first-order valence-electron chi connectivity index (χ1n) is 6.34.